The van der Waals surface area contributed by atoms with Gasteiger partial charge in [-0.2, -0.15) is 0 Å². The maximum Gasteiger partial charge on any atom is 0.101 e. The zero-order valence-electron chi connectivity index (χ0n) is 8.28. The summed E-state index contributed by atoms with van der Waals surface area (Å²) in [5.74, 6) is 0.974. The molecule has 1 aromatic rings. The van der Waals surface area contributed by atoms with Gasteiger partial charge in [0, 0.05) is 11.4 Å². The van der Waals surface area contributed by atoms with Crippen molar-refractivity contribution in [1.82, 2.24) is 5.32 Å². The second-order valence-electron chi connectivity index (χ2n) is 3.97. The number of nitrogens with one attached hydrogen (secondary N) is 1. The molecule has 1 atom stereocenters. The van der Waals surface area contributed by atoms with E-state index in [-0.39, 0.29) is 6.10 Å². The van der Waals surface area contributed by atoms with Crippen molar-refractivity contribution in [3.8, 4) is 0 Å². The highest BCUT2D eigenvalue weighted by Crippen LogP contribution is 2.31. The van der Waals surface area contributed by atoms with Gasteiger partial charge >= 0.3 is 0 Å². The van der Waals surface area contributed by atoms with Gasteiger partial charge in [-0.05, 0) is 30.3 Å². The molecule has 2 N–H and O–H groups in total. The van der Waals surface area contributed by atoms with Gasteiger partial charge in [0.25, 0.3) is 0 Å². The van der Waals surface area contributed by atoms with E-state index in [2.05, 4.69) is 5.32 Å². The minimum absolute atomic E-state index is 0.325. The van der Waals surface area contributed by atoms with E-state index in [4.69, 9.17) is 0 Å². The van der Waals surface area contributed by atoms with Crippen molar-refractivity contribution in [2.45, 2.75) is 25.4 Å². The first kappa shape index (κ1) is 10.1. The summed E-state index contributed by atoms with van der Waals surface area (Å²) in [4.78, 5) is 1.06. The van der Waals surface area contributed by atoms with Crippen LogP contribution in [0.1, 0.15) is 30.2 Å². The van der Waals surface area contributed by atoms with Crippen molar-refractivity contribution in [2.24, 2.45) is 5.92 Å². The molecule has 78 valence electrons. The Balaban J connectivity index is 1.59. The third-order valence-corrected chi connectivity index (χ3v) is 3.61. The Morgan fingerprint density at radius 2 is 2.43 bits per heavy atom. The average molecular weight is 211 g/mol. The summed E-state index contributed by atoms with van der Waals surface area (Å²) in [7, 11) is 0. The zero-order valence-corrected chi connectivity index (χ0v) is 9.09. The van der Waals surface area contributed by atoms with Crippen LogP contribution in [0.25, 0.3) is 0 Å². The molecule has 1 heterocycles. The highest BCUT2D eigenvalue weighted by molar-refractivity contribution is 7.10. The minimum atomic E-state index is -0.325. The van der Waals surface area contributed by atoms with Gasteiger partial charge in [0.1, 0.15) is 6.10 Å². The fourth-order valence-corrected chi connectivity index (χ4v) is 2.24. The molecular weight excluding hydrogens is 194 g/mol. The van der Waals surface area contributed by atoms with E-state index in [1.54, 1.807) is 11.3 Å². The number of hydrogen-bond donors (Lipinski definition) is 2. The normalized spacial score (nSPS) is 18.4. The van der Waals surface area contributed by atoms with Crippen LogP contribution in [0.2, 0.25) is 0 Å². The molecule has 2 rings (SSSR count). The average Bonchev–Trinajstić information content (AvgIpc) is 2.84. The van der Waals surface area contributed by atoms with Crippen LogP contribution in [-0.2, 0) is 0 Å². The van der Waals surface area contributed by atoms with E-state index >= 15 is 0 Å². The van der Waals surface area contributed by atoms with Crippen molar-refractivity contribution < 1.29 is 5.11 Å². The fraction of sp³-hybridized carbons (Fsp3) is 0.636. The second-order valence-corrected chi connectivity index (χ2v) is 4.95. The fourth-order valence-electron chi connectivity index (χ4n) is 1.53. The third-order valence-electron chi connectivity index (χ3n) is 2.64. The van der Waals surface area contributed by atoms with Gasteiger partial charge in [-0.15, -0.1) is 11.3 Å². The molecule has 0 bridgehead atoms. The summed E-state index contributed by atoms with van der Waals surface area (Å²) in [5, 5.41) is 15.0. The van der Waals surface area contributed by atoms with Crippen LogP contribution >= 0.6 is 11.3 Å². The van der Waals surface area contributed by atoms with Crippen LogP contribution in [0.15, 0.2) is 17.5 Å². The molecule has 1 aliphatic carbocycles. The summed E-state index contributed by atoms with van der Waals surface area (Å²) in [5.41, 5.74) is 0. The van der Waals surface area contributed by atoms with Gasteiger partial charge in [-0.1, -0.05) is 18.9 Å². The highest BCUT2D eigenvalue weighted by atomic mass is 32.1. The van der Waals surface area contributed by atoms with Crippen LogP contribution in [0.4, 0.5) is 0 Å². The van der Waals surface area contributed by atoms with Crippen LogP contribution in [-0.4, -0.2) is 18.2 Å². The Morgan fingerprint density at radius 3 is 3.07 bits per heavy atom. The zero-order chi connectivity index (χ0) is 9.80. The quantitative estimate of drug-likeness (QED) is 0.707. The van der Waals surface area contributed by atoms with E-state index < -0.39 is 0 Å². The van der Waals surface area contributed by atoms with Gasteiger partial charge in [0.2, 0.25) is 0 Å². The van der Waals surface area contributed by atoms with Crippen molar-refractivity contribution in [2.75, 3.05) is 13.1 Å². The summed E-state index contributed by atoms with van der Waals surface area (Å²) in [6.07, 6.45) is 3.77. The van der Waals surface area contributed by atoms with Crippen molar-refractivity contribution in [1.29, 1.82) is 0 Å². The summed E-state index contributed by atoms with van der Waals surface area (Å²) >= 11 is 1.62. The maximum absolute atomic E-state index is 9.74. The Bertz CT molecular complexity index is 256. The first-order valence-electron chi connectivity index (χ1n) is 5.28. The van der Waals surface area contributed by atoms with Gasteiger partial charge in [0.15, 0.2) is 0 Å². The molecule has 0 amide bonds. The lowest BCUT2D eigenvalue weighted by atomic mass is 10.2. The van der Waals surface area contributed by atoms with Gasteiger partial charge in [0.05, 0.1) is 0 Å². The van der Waals surface area contributed by atoms with Crippen LogP contribution in [0.5, 0.6) is 0 Å². The van der Waals surface area contributed by atoms with Gasteiger partial charge < -0.3 is 10.4 Å². The molecule has 1 unspecified atom stereocenters. The molecule has 1 saturated carbocycles. The number of thiophene rings is 1. The summed E-state index contributed by atoms with van der Waals surface area (Å²) < 4.78 is 0. The first-order valence-corrected chi connectivity index (χ1v) is 6.16. The lowest BCUT2D eigenvalue weighted by molar-refractivity contribution is 0.178. The van der Waals surface area contributed by atoms with Crippen LogP contribution < -0.4 is 5.32 Å². The maximum atomic E-state index is 9.74. The molecule has 0 aromatic carbocycles. The number of aliphatic hydroxyl groups excluding tert-OH is 1. The molecule has 2 nitrogen and oxygen atoms in total. The highest BCUT2D eigenvalue weighted by Gasteiger charge is 2.20. The second kappa shape index (κ2) is 4.91. The molecule has 0 radical (unpaired) electrons. The number of aliphatic hydroxyl groups is 1. The van der Waals surface area contributed by atoms with Gasteiger partial charge in [-0.3, -0.25) is 0 Å². The smallest absolute Gasteiger partial charge is 0.101 e. The monoisotopic (exact) mass is 211 g/mol. The van der Waals surface area contributed by atoms with E-state index in [9.17, 15) is 5.11 Å². The number of rotatable bonds is 6. The molecule has 1 aromatic heterocycles. The van der Waals surface area contributed by atoms with E-state index in [1.807, 2.05) is 17.5 Å². The molecular formula is C11H17NOS. The molecule has 1 fully saturated rings. The lowest BCUT2D eigenvalue weighted by Gasteiger charge is -2.09. The molecule has 1 aliphatic rings. The minimum Gasteiger partial charge on any atom is -0.386 e. The Kier molecular flexibility index (Phi) is 3.56. The summed E-state index contributed by atoms with van der Waals surface area (Å²) in [6.45, 7) is 1.74. The first-order chi connectivity index (χ1) is 6.86. The van der Waals surface area contributed by atoms with Crippen molar-refractivity contribution in [3.05, 3.63) is 22.4 Å². The molecule has 0 aliphatic heterocycles. The standard InChI is InChI=1S/C11H17NOS/c13-10(11-2-1-7-14-11)8-12-6-5-9-3-4-9/h1-2,7,9-10,12-13H,3-6,8H2. The van der Waals surface area contributed by atoms with Crippen molar-refractivity contribution in [3.63, 3.8) is 0 Å². The van der Waals surface area contributed by atoms with Crippen LogP contribution in [0, 0.1) is 5.92 Å². The van der Waals surface area contributed by atoms with E-state index in [1.165, 1.54) is 19.3 Å². The lowest BCUT2D eigenvalue weighted by Crippen LogP contribution is -2.22. The van der Waals surface area contributed by atoms with Crippen LogP contribution in [0.3, 0.4) is 0 Å². The molecule has 14 heavy (non-hydrogen) atoms. The summed E-state index contributed by atoms with van der Waals surface area (Å²) in [6, 6.07) is 3.96. The van der Waals surface area contributed by atoms with E-state index in [0.717, 1.165) is 17.3 Å². The van der Waals surface area contributed by atoms with E-state index in [0.29, 0.717) is 6.54 Å². The Labute approximate surface area is 89.0 Å². The Morgan fingerprint density at radius 1 is 1.57 bits per heavy atom. The predicted molar refractivity (Wildman–Crippen MR) is 59.5 cm³/mol. The van der Waals surface area contributed by atoms with Crippen molar-refractivity contribution >= 4 is 11.3 Å². The Hall–Kier alpha value is -0.380. The number of hydrogen-bond acceptors (Lipinski definition) is 3. The SMILES string of the molecule is OC(CNCCC1CC1)c1cccs1. The predicted octanol–water partition coefficient (Wildman–Crippen LogP) is 2.17. The van der Waals surface area contributed by atoms with Gasteiger partial charge in [-0.25, -0.2) is 0 Å². The third kappa shape index (κ3) is 3.08. The topological polar surface area (TPSA) is 32.3 Å². The largest absolute Gasteiger partial charge is 0.386 e. The molecule has 3 heteroatoms. The molecule has 0 spiro atoms. The molecule has 0 saturated heterocycles.